The van der Waals surface area contributed by atoms with Gasteiger partial charge < -0.3 is 5.11 Å². The molecule has 0 aliphatic rings. The van der Waals surface area contributed by atoms with E-state index in [-0.39, 0.29) is 9.37 Å². The second kappa shape index (κ2) is 6.44. The first-order valence-electron chi connectivity index (χ1n) is 6.23. The van der Waals surface area contributed by atoms with E-state index >= 15 is 0 Å². The summed E-state index contributed by atoms with van der Waals surface area (Å²) in [4.78, 5) is 10.8. The molecule has 0 saturated heterocycles. The zero-order valence-corrected chi connectivity index (χ0v) is 14.0. The molecule has 0 bridgehead atoms. The fourth-order valence-corrected chi connectivity index (χ4v) is 3.89. The van der Waals surface area contributed by atoms with Crippen molar-refractivity contribution in [1.82, 2.24) is 0 Å². The van der Waals surface area contributed by atoms with Crippen LogP contribution in [0.2, 0.25) is 0 Å². The maximum absolute atomic E-state index is 12.9. The highest BCUT2D eigenvalue weighted by Crippen LogP contribution is 2.33. The summed E-state index contributed by atoms with van der Waals surface area (Å²) in [5.41, 5.74) is -2.46. The van der Waals surface area contributed by atoms with Crippen molar-refractivity contribution in [3.8, 4) is 0 Å². The van der Waals surface area contributed by atoms with Crippen LogP contribution in [0.15, 0.2) is 51.8 Å². The number of hydrogen-bond donors (Lipinski definition) is 2. The number of rotatable bonds is 4. The van der Waals surface area contributed by atoms with Crippen molar-refractivity contribution in [2.24, 2.45) is 0 Å². The molecule has 24 heavy (non-hydrogen) atoms. The Balaban J connectivity index is 2.51. The fraction of sp³-hybridized carbons (Fsp3) is 0.0714. The summed E-state index contributed by atoms with van der Waals surface area (Å²) in [6.45, 7) is 0. The molecule has 0 aromatic heterocycles. The smallest absolute Gasteiger partial charge is 0.416 e. The van der Waals surface area contributed by atoms with Gasteiger partial charge in [-0.1, -0.05) is 12.1 Å². The van der Waals surface area contributed by atoms with Crippen molar-refractivity contribution in [2.75, 3.05) is 4.72 Å². The quantitative estimate of drug-likeness (QED) is 0.779. The maximum atomic E-state index is 12.9. The number of sulfonamides is 1. The van der Waals surface area contributed by atoms with E-state index in [1.54, 1.807) is 6.07 Å². The molecule has 0 saturated carbocycles. The SMILES string of the molecule is O=C(O)c1cc(NS(=O)(=O)c2ccccc2Br)cc(C(F)(F)F)c1. The standard InChI is InChI=1S/C14H9BrF3NO4S/c15-11-3-1-2-4-12(11)24(22,23)19-10-6-8(13(20)21)5-9(7-10)14(16,17)18/h1-7,19H,(H,20,21). The molecule has 0 heterocycles. The molecule has 5 nitrogen and oxygen atoms in total. The number of benzene rings is 2. The van der Waals surface area contributed by atoms with Gasteiger partial charge in [-0.3, -0.25) is 4.72 Å². The van der Waals surface area contributed by atoms with E-state index in [4.69, 9.17) is 5.11 Å². The third-order valence-electron chi connectivity index (χ3n) is 2.89. The number of nitrogens with one attached hydrogen (secondary N) is 1. The number of anilines is 1. The molecule has 0 unspecified atom stereocenters. The Hall–Kier alpha value is -2.07. The van der Waals surface area contributed by atoms with Crippen molar-refractivity contribution in [3.05, 3.63) is 58.1 Å². The molecule has 2 aromatic carbocycles. The molecule has 2 rings (SSSR count). The predicted molar refractivity (Wildman–Crippen MR) is 83.4 cm³/mol. The van der Waals surface area contributed by atoms with Gasteiger partial charge in [0.2, 0.25) is 0 Å². The minimum atomic E-state index is -4.82. The second-order valence-electron chi connectivity index (χ2n) is 4.64. The van der Waals surface area contributed by atoms with Gasteiger partial charge in [0.05, 0.1) is 16.8 Å². The summed E-state index contributed by atoms with van der Waals surface area (Å²) >= 11 is 3.04. The Morgan fingerprint density at radius 1 is 1.12 bits per heavy atom. The molecule has 2 N–H and O–H groups in total. The van der Waals surface area contributed by atoms with Crippen LogP contribution in [0, 0.1) is 0 Å². The Morgan fingerprint density at radius 2 is 1.75 bits per heavy atom. The van der Waals surface area contributed by atoms with Gasteiger partial charge in [0.1, 0.15) is 4.90 Å². The van der Waals surface area contributed by atoms with Crippen molar-refractivity contribution in [1.29, 1.82) is 0 Å². The summed E-state index contributed by atoms with van der Waals surface area (Å²) in [7, 11) is -4.21. The average Bonchev–Trinajstić information content (AvgIpc) is 2.45. The predicted octanol–water partition coefficient (Wildman–Crippen LogP) is 3.97. The number of carbonyl (C=O) groups is 1. The van der Waals surface area contributed by atoms with E-state index in [9.17, 15) is 26.4 Å². The van der Waals surface area contributed by atoms with Gasteiger partial charge in [0.15, 0.2) is 0 Å². The van der Waals surface area contributed by atoms with Crippen molar-refractivity contribution >= 4 is 37.6 Å². The van der Waals surface area contributed by atoms with Gasteiger partial charge in [-0.05, 0) is 46.3 Å². The Morgan fingerprint density at radius 3 is 2.29 bits per heavy atom. The fourth-order valence-electron chi connectivity index (χ4n) is 1.85. The van der Waals surface area contributed by atoms with E-state index in [1.807, 2.05) is 4.72 Å². The van der Waals surface area contributed by atoms with Crippen LogP contribution in [-0.4, -0.2) is 19.5 Å². The summed E-state index contributed by atoms with van der Waals surface area (Å²) in [6, 6.07) is 7.47. The largest absolute Gasteiger partial charge is 0.478 e. The van der Waals surface area contributed by atoms with Crippen LogP contribution < -0.4 is 4.72 Å². The number of aromatic carboxylic acids is 1. The summed E-state index contributed by atoms with van der Waals surface area (Å²) in [5, 5.41) is 8.91. The zero-order valence-electron chi connectivity index (χ0n) is 11.6. The summed E-state index contributed by atoms with van der Waals surface area (Å²) < 4.78 is 65.3. The van der Waals surface area contributed by atoms with Crippen molar-refractivity contribution in [2.45, 2.75) is 11.1 Å². The first-order valence-corrected chi connectivity index (χ1v) is 8.51. The van der Waals surface area contributed by atoms with Crippen molar-refractivity contribution < 1.29 is 31.5 Å². The summed E-state index contributed by atoms with van der Waals surface area (Å²) in [5.74, 6) is -1.61. The molecular weight excluding hydrogens is 415 g/mol. The van der Waals surface area contributed by atoms with E-state index in [0.717, 1.165) is 6.07 Å². The minimum absolute atomic E-state index is 0.195. The number of halogens is 4. The number of carboxylic acid groups (broad SMARTS) is 1. The molecule has 0 aliphatic carbocycles. The lowest BCUT2D eigenvalue weighted by atomic mass is 10.1. The van der Waals surface area contributed by atoms with Crippen LogP contribution >= 0.6 is 15.9 Å². The average molecular weight is 424 g/mol. The molecule has 128 valence electrons. The monoisotopic (exact) mass is 423 g/mol. The van der Waals surface area contributed by atoms with Crippen LogP contribution in [0.4, 0.5) is 18.9 Å². The third kappa shape index (κ3) is 4.06. The number of alkyl halides is 3. The van der Waals surface area contributed by atoms with Crippen LogP contribution in [0.1, 0.15) is 15.9 Å². The molecule has 0 aliphatic heterocycles. The highest BCUT2D eigenvalue weighted by atomic mass is 79.9. The van der Waals surface area contributed by atoms with Gasteiger partial charge in [0, 0.05) is 4.47 Å². The molecular formula is C14H9BrF3NO4S. The Bertz CT molecular complexity index is 897. The van der Waals surface area contributed by atoms with Gasteiger partial charge in [0.25, 0.3) is 10.0 Å². The first kappa shape index (κ1) is 18.3. The highest BCUT2D eigenvalue weighted by Gasteiger charge is 2.32. The molecule has 0 amide bonds. The normalized spacial score (nSPS) is 12.0. The van der Waals surface area contributed by atoms with Crippen LogP contribution in [0.5, 0.6) is 0 Å². The topological polar surface area (TPSA) is 83.5 Å². The van der Waals surface area contributed by atoms with Crippen LogP contribution in [-0.2, 0) is 16.2 Å². The second-order valence-corrected chi connectivity index (χ2v) is 7.14. The van der Waals surface area contributed by atoms with E-state index < -0.39 is 39.0 Å². The van der Waals surface area contributed by atoms with E-state index in [0.29, 0.717) is 12.1 Å². The minimum Gasteiger partial charge on any atom is -0.478 e. The zero-order chi connectivity index (χ0) is 18.1. The van der Waals surface area contributed by atoms with Crippen LogP contribution in [0.25, 0.3) is 0 Å². The molecule has 0 radical (unpaired) electrons. The van der Waals surface area contributed by atoms with Crippen LogP contribution in [0.3, 0.4) is 0 Å². The van der Waals surface area contributed by atoms with Crippen molar-refractivity contribution in [3.63, 3.8) is 0 Å². The molecule has 0 atom stereocenters. The Labute approximate surface area is 143 Å². The lowest BCUT2D eigenvalue weighted by Crippen LogP contribution is -2.15. The first-order chi connectivity index (χ1) is 11.0. The lowest BCUT2D eigenvalue weighted by molar-refractivity contribution is -0.137. The molecule has 10 heteroatoms. The number of carboxylic acids is 1. The van der Waals surface area contributed by atoms with Gasteiger partial charge in [-0.15, -0.1) is 0 Å². The molecule has 2 aromatic rings. The summed E-state index contributed by atoms with van der Waals surface area (Å²) in [6.07, 6.45) is -4.82. The van der Waals surface area contributed by atoms with E-state index in [2.05, 4.69) is 15.9 Å². The molecule has 0 fully saturated rings. The Kier molecular flexibility index (Phi) is 4.90. The van der Waals surface area contributed by atoms with Gasteiger partial charge in [-0.2, -0.15) is 13.2 Å². The maximum Gasteiger partial charge on any atom is 0.416 e. The lowest BCUT2D eigenvalue weighted by Gasteiger charge is -2.13. The number of hydrogen-bond acceptors (Lipinski definition) is 3. The highest BCUT2D eigenvalue weighted by molar-refractivity contribution is 9.10. The van der Waals surface area contributed by atoms with E-state index in [1.165, 1.54) is 18.2 Å². The molecule has 0 spiro atoms. The van der Waals surface area contributed by atoms with Gasteiger partial charge in [-0.25, -0.2) is 13.2 Å². The van der Waals surface area contributed by atoms with Gasteiger partial charge >= 0.3 is 12.1 Å². The third-order valence-corrected chi connectivity index (χ3v) is 5.28.